The standard InChI is InChI=1S/C13H22N2O/c1-3-14-11(2)12-6-7-15(9-12)10-13-5-4-8-16-13/h6-7,9,11,13-14H,3-5,8,10H2,1-2H3. The van der Waals surface area contributed by atoms with Gasteiger partial charge in [-0.25, -0.2) is 0 Å². The first-order valence-electron chi connectivity index (χ1n) is 6.30. The van der Waals surface area contributed by atoms with Crippen LogP contribution in [0.25, 0.3) is 0 Å². The summed E-state index contributed by atoms with van der Waals surface area (Å²) in [5, 5.41) is 3.42. The van der Waals surface area contributed by atoms with E-state index in [1.807, 2.05) is 0 Å². The van der Waals surface area contributed by atoms with Crippen LogP contribution in [0.2, 0.25) is 0 Å². The quantitative estimate of drug-likeness (QED) is 0.827. The van der Waals surface area contributed by atoms with Crippen LogP contribution in [0, 0.1) is 0 Å². The second-order valence-electron chi connectivity index (χ2n) is 4.56. The summed E-state index contributed by atoms with van der Waals surface area (Å²) in [6.07, 6.45) is 7.23. The number of rotatable bonds is 5. The third kappa shape index (κ3) is 2.86. The molecule has 3 nitrogen and oxygen atoms in total. The number of ether oxygens (including phenoxy) is 1. The highest BCUT2D eigenvalue weighted by Gasteiger charge is 2.16. The van der Waals surface area contributed by atoms with Crippen LogP contribution in [-0.2, 0) is 11.3 Å². The molecule has 1 N–H and O–H groups in total. The lowest BCUT2D eigenvalue weighted by Gasteiger charge is -2.11. The monoisotopic (exact) mass is 222 g/mol. The van der Waals surface area contributed by atoms with Crippen molar-refractivity contribution < 1.29 is 4.74 Å². The lowest BCUT2D eigenvalue weighted by atomic mass is 10.2. The van der Waals surface area contributed by atoms with Crippen molar-refractivity contribution in [3.05, 3.63) is 24.0 Å². The van der Waals surface area contributed by atoms with Crippen molar-refractivity contribution in [1.29, 1.82) is 0 Å². The largest absolute Gasteiger partial charge is 0.376 e. The molecule has 2 rings (SSSR count). The fourth-order valence-corrected chi connectivity index (χ4v) is 2.28. The Morgan fingerprint density at radius 2 is 2.50 bits per heavy atom. The molecule has 90 valence electrons. The van der Waals surface area contributed by atoms with E-state index in [1.165, 1.54) is 18.4 Å². The van der Waals surface area contributed by atoms with Gasteiger partial charge in [0.05, 0.1) is 6.10 Å². The van der Waals surface area contributed by atoms with Crippen molar-refractivity contribution >= 4 is 0 Å². The Labute approximate surface area is 97.8 Å². The molecule has 1 aliphatic rings. The van der Waals surface area contributed by atoms with Crippen molar-refractivity contribution in [2.24, 2.45) is 0 Å². The summed E-state index contributed by atoms with van der Waals surface area (Å²) in [6.45, 7) is 7.29. The van der Waals surface area contributed by atoms with Gasteiger partial charge in [0, 0.05) is 31.6 Å². The summed E-state index contributed by atoms with van der Waals surface area (Å²) in [7, 11) is 0. The van der Waals surface area contributed by atoms with Crippen molar-refractivity contribution in [2.75, 3.05) is 13.2 Å². The average Bonchev–Trinajstić information content (AvgIpc) is 2.90. The van der Waals surface area contributed by atoms with Crippen LogP contribution in [0.3, 0.4) is 0 Å². The van der Waals surface area contributed by atoms with E-state index in [1.54, 1.807) is 0 Å². The molecule has 0 amide bonds. The molecule has 0 bridgehead atoms. The SMILES string of the molecule is CCNC(C)c1ccn(CC2CCCO2)c1. The lowest BCUT2D eigenvalue weighted by molar-refractivity contribution is 0.0971. The van der Waals surface area contributed by atoms with E-state index in [0.717, 1.165) is 19.7 Å². The highest BCUT2D eigenvalue weighted by Crippen LogP contribution is 2.17. The van der Waals surface area contributed by atoms with E-state index in [0.29, 0.717) is 12.1 Å². The number of nitrogens with zero attached hydrogens (tertiary/aromatic N) is 1. The normalized spacial score (nSPS) is 22.5. The Morgan fingerprint density at radius 3 is 3.19 bits per heavy atom. The summed E-state index contributed by atoms with van der Waals surface area (Å²) in [4.78, 5) is 0. The topological polar surface area (TPSA) is 26.2 Å². The van der Waals surface area contributed by atoms with Crippen LogP contribution in [0.1, 0.15) is 38.3 Å². The molecule has 0 spiro atoms. The van der Waals surface area contributed by atoms with Crippen molar-refractivity contribution in [3.8, 4) is 0 Å². The molecule has 16 heavy (non-hydrogen) atoms. The first-order chi connectivity index (χ1) is 7.79. The molecule has 1 fully saturated rings. The summed E-state index contributed by atoms with van der Waals surface area (Å²) >= 11 is 0. The summed E-state index contributed by atoms with van der Waals surface area (Å²) in [6, 6.07) is 2.64. The maximum absolute atomic E-state index is 5.64. The van der Waals surface area contributed by atoms with E-state index in [9.17, 15) is 0 Å². The molecule has 0 radical (unpaired) electrons. The third-order valence-electron chi connectivity index (χ3n) is 3.22. The highest BCUT2D eigenvalue weighted by molar-refractivity contribution is 5.14. The summed E-state index contributed by atoms with van der Waals surface area (Å²) in [5.74, 6) is 0. The predicted octanol–water partition coefficient (Wildman–Crippen LogP) is 2.34. The van der Waals surface area contributed by atoms with Gasteiger partial charge in [-0.05, 0) is 37.9 Å². The third-order valence-corrected chi connectivity index (χ3v) is 3.22. The highest BCUT2D eigenvalue weighted by atomic mass is 16.5. The first-order valence-corrected chi connectivity index (χ1v) is 6.30. The number of aromatic nitrogens is 1. The maximum Gasteiger partial charge on any atom is 0.0754 e. The number of hydrogen-bond donors (Lipinski definition) is 1. The Morgan fingerprint density at radius 1 is 1.62 bits per heavy atom. The van der Waals surface area contributed by atoms with Gasteiger partial charge in [-0.15, -0.1) is 0 Å². The molecular weight excluding hydrogens is 200 g/mol. The zero-order valence-electron chi connectivity index (χ0n) is 10.3. The van der Waals surface area contributed by atoms with Gasteiger partial charge < -0.3 is 14.6 Å². The van der Waals surface area contributed by atoms with E-state index in [-0.39, 0.29) is 0 Å². The van der Waals surface area contributed by atoms with Gasteiger partial charge >= 0.3 is 0 Å². The van der Waals surface area contributed by atoms with Crippen molar-refractivity contribution in [1.82, 2.24) is 9.88 Å². The van der Waals surface area contributed by atoms with Crippen LogP contribution in [-0.4, -0.2) is 23.8 Å². The minimum absolute atomic E-state index is 0.426. The molecule has 0 saturated carbocycles. The van der Waals surface area contributed by atoms with Gasteiger partial charge in [0.15, 0.2) is 0 Å². The van der Waals surface area contributed by atoms with Gasteiger partial charge in [-0.1, -0.05) is 6.92 Å². The lowest BCUT2D eigenvalue weighted by Crippen LogP contribution is -2.17. The molecule has 0 aromatic carbocycles. The van der Waals surface area contributed by atoms with Crippen LogP contribution >= 0.6 is 0 Å². The van der Waals surface area contributed by atoms with E-state index >= 15 is 0 Å². The zero-order valence-corrected chi connectivity index (χ0v) is 10.3. The van der Waals surface area contributed by atoms with E-state index in [2.05, 4.69) is 42.2 Å². The smallest absolute Gasteiger partial charge is 0.0754 e. The minimum Gasteiger partial charge on any atom is -0.376 e. The molecular formula is C13H22N2O. The Hall–Kier alpha value is -0.800. The molecule has 1 saturated heterocycles. The Bertz CT molecular complexity index is 315. The molecule has 1 aromatic heterocycles. The molecule has 3 heteroatoms. The Kier molecular flexibility index (Phi) is 4.02. The molecule has 0 aliphatic carbocycles. The van der Waals surface area contributed by atoms with Crippen LogP contribution in [0.5, 0.6) is 0 Å². The van der Waals surface area contributed by atoms with Crippen molar-refractivity contribution in [3.63, 3.8) is 0 Å². The fraction of sp³-hybridized carbons (Fsp3) is 0.692. The van der Waals surface area contributed by atoms with Gasteiger partial charge in [-0.3, -0.25) is 0 Å². The second-order valence-corrected chi connectivity index (χ2v) is 4.56. The van der Waals surface area contributed by atoms with Crippen LogP contribution < -0.4 is 5.32 Å². The Balaban J connectivity index is 1.90. The first kappa shape index (κ1) is 11.7. The molecule has 1 aromatic rings. The predicted molar refractivity (Wildman–Crippen MR) is 65.5 cm³/mol. The second kappa shape index (κ2) is 5.51. The zero-order chi connectivity index (χ0) is 11.4. The van der Waals surface area contributed by atoms with Gasteiger partial charge in [0.2, 0.25) is 0 Å². The molecule has 1 aliphatic heterocycles. The molecule has 2 heterocycles. The summed E-state index contributed by atoms with van der Waals surface area (Å²) in [5.41, 5.74) is 1.36. The summed E-state index contributed by atoms with van der Waals surface area (Å²) < 4.78 is 7.89. The van der Waals surface area contributed by atoms with Gasteiger partial charge in [0.25, 0.3) is 0 Å². The van der Waals surface area contributed by atoms with Crippen LogP contribution in [0.4, 0.5) is 0 Å². The van der Waals surface area contributed by atoms with E-state index < -0.39 is 0 Å². The van der Waals surface area contributed by atoms with Gasteiger partial charge in [-0.2, -0.15) is 0 Å². The molecule has 2 unspecified atom stereocenters. The van der Waals surface area contributed by atoms with E-state index in [4.69, 9.17) is 4.74 Å². The fourth-order valence-electron chi connectivity index (χ4n) is 2.28. The maximum atomic E-state index is 5.64. The average molecular weight is 222 g/mol. The van der Waals surface area contributed by atoms with Gasteiger partial charge in [0.1, 0.15) is 0 Å². The number of hydrogen-bond acceptors (Lipinski definition) is 2. The van der Waals surface area contributed by atoms with Crippen LogP contribution in [0.15, 0.2) is 18.5 Å². The minimum atomic E-state index is 0.426. The van der Waals surface area contributed by atoms with Crippen molar-refractivity contribution in [2.45, 2.75) is 45.4 Å². The molecule has 2 atom stereocenters. The number of nitrogens with one attached hydrogen (secondary N) is 1.